The van der Waals surface area contributed by atoms with Crippen molar-refractivity contribution in [2.45, 2.75) is 39.3 Å². The number of likely N-dealkylation sites (tertiary alicyclic amines) is 1. The van der Waals surface area contributed by atoms with Crippen molar-refractivity contribution in [2.75, 3.05) is 20.2 Å². The van der Waals surface area contributed by atoms with E-state index in [1.165, 1.54) is 23.8 Å². The normalized spacial score (nSPS) is 23.0. The molecule has 1 heterocycles. The molecular weight excluding hydrogens is 264 g/mol. The van der Waals surface area contributed by atoms with E-state index in [9.17, 15) is 4.79 Å². The van der Waals surface area contributed by atoms with Gasteiger partial charge in [0.1, 0.15) is 0 Å². The SMILES string of the molecule is COC(=O)CC1CC(N)CN(Cc2cc(C)ccc2C)C1. The third kappa shape index (κ3) is 4.55. The number of ether oxygens (including phenoxy) is 1. The Labute approximate surface area is 127 Å². The van der Waals surface area contributed by atoms with E-state index in [1.54, 1.807) is 0 Å². The van der Waals surface area contributed by atoms with Crippen molar-refractivity contribution in [1.82, 2.24) is 4.90 Å². The molecule has 21 heavy (non-hydrogen) atoms. The third-order valence-electron chi connectivity index (χ3n) is 4.23. The highest BCUT2D eigenvalue weighted by Crippen LogP contribution is 2.22. The van der Waals surface area contributed by atoms with Crippen LogP contribution in [0.3, 0.4) is 0 Å². The summed E-state index contributed by atoms with van der Waals surface area (Å²) in [5.74, 6) is 0.159. The number of carbonyl (C=O) groups excluding carboxylic acids is 1. The minimum Gasteiger partial charge on any atom is -0.469 e. The molecule has 0 saturated carbocycles. The van der Waals surface area contributed by atoms with Gasteiger partial charge in [-0.05, 0) is 37.3 Å². The fraction of sp³-hybridized carbons (Fsp3) is 0.588. The second kappa shape index (κ2) is 7.05. The monoisotopic (exact) mass is 290 g/mol. The molecule has 4 nitrogen and oxygen atoms in total. The molecule has 2 N–H and O–H groups in total. The molecule has 1 aliphatic heterocycles. The van der Waals surface area contributed by atoms with Gasteiger partial charge in [0.05, 0.1) is 7.11 Å². The predicted molar refractivity (Wildman–Crippen MR) is 83.9 cm³/mol. The Balaban J connectivity index is 2.02. The number of methoxy groups -OCH3 is 1. The van der Waals surface area contributed by atoms with E-state index in [4.69, 9.17) is 10.5 Å². The summed E-state index contributed by atoms with van der Waals surface area (Å²) in [6.07, 6.45) is 1.37. The molecule has 1 aromatic rings. The van der Waals surface area contributed by atoms with E-state index in [0.29, 0.717) is 12.3 Å². The topological polar surface area (TPSA) is 55.6 Å². The van der Waals surface area contributed by atoms with Crippen LogP contribution in [0.25, 0.3) is 0 Å². The lowest BCUT2D eigenvalue weighted by atomic mass is 9.91. The molecule has 1 fully saturated rings. The van der Waals surface area contributed by atoms with Gasteiger partial charge in [-0.25, -0.2) is 0 Å². The maximum Gasteiger partial charge on any atom is 0.305 e. The van der Waals surface area contributed by atoms with Crippen LogP contribution in [-0.4, -0.2) is 37.1 Å². The van der Waals surface area contributed by atoms with Gasteiger partial charge in [0.15, 0.2) is 0 Å². The summed E-state index contributed by atoms with van der Waals surface area (Å²) in [6, 6.07) is 6.69. The van der Waals surface area contributed by atoms with Crippen LogP contribution in [0.5, 0.6) is 0 Å². The zero-order valence-electron chi connectivity index (χ0n) is 13.3. The van der Waals surface area contributed by atoms with E-state index in [1.807, 2.05) is 0 Å². The minimum absolute atomic E-state index is 0.138. The number of carbonyl (C=O) groups is 1. The number of benzene rings is 1. The van der Waals surface area contributed by atoms with Gasteiger partial charge in [-0.3, -0.25) is 9.69 Å². The molecule has 0 amide bonds. The number of aryl methyl sites for hydroxylation is 2. The lowest BCUT2D eigenvalue weighted by Crippen LogP contribution is -2.47. The van der Waals surface area contributed by atoms with Crippen molar-refractivity contribution in [2.24, 2.45) is 11.7 Å². The molecule has 0 aliphatic carbocycles. The van der Waals surface area contributed by atoms with Crippen molar-refractivity contribution < 1.29 is 9.53 Å². The largest absolute Gasteiger partial charge is 0.469 e. The molecule has 2 atom stereocenters. The van der Waals surface area contributed by atoms with Gasteiger partial charge < -0.3 is 10.5 Å². The highest BCUT2D eigenvalue weighted by molar-refractivity contribution is 5.69. The van der Waals surface area contributed by atoms with Crippen molar-refractivity contribution in [3.63, 3.8) is 0 Å². The minimum atomic E-state index is -0.138. The highest BCUT2D eigenvalue weighted by Gasteiger charge is 2.27. The molecule has 4 heteroatoms. The molecule has 0 bridgehead atoms. The molecule has 1 aromatic carbocycles. The lowest BCUT2D eigenvalue weighted by molar-refractivity contribution is -0.142. The van der Waals surface area contributed by atoms with Crippen molar-refractivity contribution in [1.29, 1.82) is 0 Å². The number of hydrogen-bond acceptors (Lipinski definition) is 4. The molecular formula is C17H26N2O2. The van der Waals surface area contributed by atoms with Crippen molar-refractivity contribution >= 4 is 5.97 Å². The molecule has 116 valence electrons. The van der Waals surface area contributed by atoms with Crippen LogP contribution in [0.2, 0.25) is 0 Å². The van der Waals surface area contributed by atoms with Crippen LogP contribution >= 0.6 is 0 Å². The Kier molecular flexibility index (Phi) is 5.37. The average Bonchev–Trinajstić information content (AvgIpc) is 2.42. The average molecular weight is 290 g/mol. The summed E-state index contributed by atoms with van der Waals surface area (Å²) in [5, 5.41) is 0. The van der Waals surface area contributed by atoms with Crippen LogP contribution in [0, 0.1) is 19.8 Å². The van der Waals surface area contributed by atoms with E-state index < -0.39 is 0 Å². The van der Waals surface area contributed by atoms with Gasteiger partial charge in [-0.2, -0.15) is 0 Å². The number of rotatable bonds is 4. The van der Waals surface area contributed by atoms with E-state index in [2.05, 4.69) is 36.9 Å². The lowest BCUT2D eigenvalue weighted by Gasteiger charge is -2.36. The first kappa shape index (κ1) is 16.0. The second-order valence-electron chi connectivity index (χ2n) is 6.27. The van der Waals surface area contributed by atoms with Gasteiger partial charge in [-0.15, -0.1) is 0 Å². The zero-order chi connectivity index (χ0) is 15.4. The molecule has 0 radical (unpaired) electrons. The van der Waals surface area contributed by atoms with E-state index >= 15 is 0 Å². The van der Waals surface area contributed by atoms with E-state index in [0.717, 1.165) is 26.1 Å². The summed E-state index contributed by atoms with van der Waals surface area (Å²) in [4.78, 5) is 13.8. The van der Waals surface area contributed by atoms with Crippen molar-refractivity contribution in [3.8, 4) is 0 Å². The fourth-order valence-corrected chi connectivity index (χ4v) is 3.16. The first-order chi connectivity index (χ1) is 9.97. The molecule has 0 aromatic heterocycles. The maximum atomic E-state index is 11.5. The van der Waals surface area contributed by atoms with Gasteiger partial charge in [0.2, 0.25) is 0 Å². The first-order valence-corrected chi connectivity index (χ1v) is 7.58. The molecule has 1 aliphatic rings. The highest BCUT2D eigenvalue weighted by atomic mass is 16.5. The number of nitrogens with zero attached hydrogens (tertiary/aromatic N) is 1. The summed E-state index contributed by atoms with van der Waals surface area (Å²) in [7, 11) is 1.44. The second-order valence-corrected chi connectivity index (χ2v) is 6.27. The van der Waals surface area contributed by atoms with Crippen molar-refractivity contribution in [3.05, 3.63) is 34.9 Å². The Morgan fingerprint density at radius 2 is 2.14 bits per heavy atom. The Morgan fingerprint density at radius 1 is 1.38 bits per heavy atom. The smallest absolute Gasteiger partial charge is 0.305 e. The summed E-state index contributed by atoms with van der Waals surface area (Å²) in [5.41, 5.74) is 10.1. The zero-order valence-corrected chi connectivity index (χ0v) is 13.3. The maximum absolute atomic E-state index is 11.5. The van der Waals surface area contributed by atoms with Gasteiger partial charge in [0.25, 0.3) is 0 Å². The summed E-state index contributed by atoms with van der Waals surface area (Å²) < 4.78 is 4.78. The number of esters is 1. The number of hydrogen-bond donors (Lipinski definition) is 1. The summed E-state index contributed by atoms with van der Waals surface area (Å²) in [6.45, 7) is 6.97. The molecule has 2 unspecified atom stereocenters. The Bertz CT molecular complexity index is 502. The number of nitrogens with two attached hydrogens (primary N) is 1. The van der Waals surface area contributed by atoms with Gasteiger partial charge in [0, 0.05) is 32.1 Å². The van der Waals surface area contributed by atoms with Crippen LogP contribution in [-0.2, 0) is 16.1 Å². The molecule has 2 rings (SSSR count). The molecule has 1 saturated heterocycles. The Morgan fingerprint density at radius 3 is 2.86 bits per heavy atom. The summed E-state index contributed by atoms with van der Waals surface area (Å²) >= 11 is 0. The predicted octanol–water partition coefficient (Wildman–Crippen LogP) is 2.02. The number of piperidine rings is 1. The van der Waals surface area contributed by atoms with E-state index in [-0.39, 0.29) is 12.0 Å². The quantitative estimate of drug-likeness (QED) is 0.862. The molecule has 0 spiro atoms. The van der Waals surface area contributed by atoms with Crippen LogP contribution in [0.4, 0.5) is 0 Å². The van der Waals surface area contributed by atoms with Gasteiger partial charge >= 0.3 is 5.97 Å². The standard InChI is InChI=1S/C17H26N2O2/c1-12-4-5-13(2)15(6-12)10-19-9-14(7-16(18)11-19)8-17(20)21-3/h4-6,14,16H,7-11,18H2,1-3H3. The van der Waals surface area contributed by atoms with Gasteiger partial charge in [-0.1, -0.05) is 23.8 Å². The van der Waals surface area contributed by atoms with Crippen LogP contribution < -0.4 is 5.73 Å². The third-order valence-corrected chi connectivity index (χ3v) is 4.23. The Hall–Kier alpha value is -1.39. The van der Waals surface area contributed by atoms with Crippen LogP contribution in [0.15, 0.2) is 18.2 Å². The first-order valence-electron chi connectivity index (χ1n) is 7.58. The fourth-order valence-electron chi connectivity index (χ4n) is 3.16. The van der Waals surface area contributed by atoms with Crippen LogP contribution in [0.1, 0.15) is 29.5 Å².